The van der Waals surface area contributed by atoms with Gasteiger partial charge in [0.1, 0.15) is 0 Å². The molecule has 1 aliphatic rings. The number of nitrogens with one attached hydrogen (secondary N) is 1. The summed E-state index contributed by atoms with van der Waals surface area (Å²) >= 11 is 0. The van der Waals surface area contributed by atoms with Crippen LogP contribution in [-0.4, -0.2) is 6.54 Å². The largest absolute Gasteiger partial charge is 0.402 e. The molecule has 0 fully saturated rings. The van der Waals surface area contributed by atoms with E-state index in [9.17, 15) is 0 Å². The van der Waals surface area contributed by atoms with E-state index in [1.807, 2.05) is 0 Å². The molecule has 2 nitrogen and oxygen atoms in total. The van der Waals surface area contributed by atoms with Crippen molar-refractivity contribution in [3.05, 3.63) is 41.1 Å². The van der Waals surface area contributed by atoms with E-state index in [-0.39, 0.29) is 0 Å². The second-order valence-corrected chi connectivity index (χ2v) is 5.45. The van der Waals surface area contributed by atoms with E-state index < -0.39 is 0 Å². The van der Waals surface area contributed by atoms with Gasteiger partial charge in [-0.05, 0) is 55.7 Å². The average Bonchev–Trinajstić information content (AvgIpc) is 2.63. The third-order valence-corrected chi connectivity index (χ3v) is 3.87. The molecular formula is C17H26N2. The van der Waals surface area contributed by atoms with Gasteiger partial charge in [0.25, 0.3) is 0 Å². The Labute approximate surface area is 117 Å². The molecule has 0 bridgehead atoms. The number of para-hydroxylation sites is 1. The number of nitrogens with two attached hydrogens (primary N) is 1. The monoisotopic (exact) mass is 258 g/mol. The van der Waals surface area contributed by atoms with Crippen LogP contribution in [0.25, 0.3) is 0 Å². The third kappa shape index (κ3) is 4.02. The van der Waals surface area contributed by atoms with Crippen molar-refractivity contribution in [1.82, 2.24) is 0 Å². The average molecular weight is 258 g/mol. The van der Waals surface area contributed by atoms with Gasteiger partial charge in [-0.3, -0.25) is 0 Å². The molecule has 2 heteroatoms. The SMILES string of the molecule is CCCNc1ccccc1CC1=C(N)CCCCC1. The van der Waals surface area contributed by atoms with Crippen LogP contribution in [0.5, 0.6) is 0 Å². The summed E-state index contributed by atoms with van der Waals surface area (Å²) in [4.78, 5) is 0. The molecule has 19 heavy (non-hydrogen) atoms. The van der Waals surface area contributed by atoms with Crippen LogP contribution in [0.4, 0.5) is 5.69 Å². The second-order valence-electron chi connectivity index (χ2n) is 5.45. The van der Waals surface area contributed by atoms with E-state index in [0.29, 0.717) is 0 Å². The van der Waals surface area contributed by atoms with Gasteiger partial charge in [0.05, 0.1) is 0 Å². The Balaban J connectivity index is 2.13. The Morgan fingerprint density at radius 1 is 1.11 bits per heavy atom. The van der Waals surface area contributed by atoms with E-state index in [2.05, 4.69) is 36.5 Å². The molecule has 0 aromatic heterocycles. The maximum Gasteiger partial charge on any atom is 0.0376 e. The summed E-state index contributed by atoms with van der Waals surface area (Å²) in [5.41, 5.74) is 11.5. The Bertz CT molecular complexity index is 435. The first-order valence-corrected chi connectivity index (χ1v) is 7.59. The fraction of sp³-hybridized carbons (Fsp3) is 0.529. The zero-order valence-electron chi connectivity index (χ0n) is 12.0. The number of allylic oxidation sites excluding steroid dienone is 2. The predicted molar refractivity (Wildman–Crippen MR) is 83.2 cm³/mol. The fourth-order valence-corrected chi connectivity index (χ4v) is 2.71. The maximum absolute atomic E-state index is 6.24. The zero-order chi connectivity index (χ0) is 13.5. The van der Waals surface area contributed by atoms with Crippen molar-refractivity contribution in [1.29, 1.82) is 0 Å². The van der Waals surface area contributed by atoms with Crippen molar-refractivity contribution in [3.8, 4) is 0 Å². The molecule has 1 aliphatic carbocycles. The molecule has 3 N–H and O–H groups in total. The van der Waals surface area contributed by atoms with E-state index in [1.165, 1.54) is 42.5 Å². The number of hydrogen-bond donors (Lipinski definition) is 2. The molecule has 0 amide bonds. The van der Waals surface area contributed by atoms with Gasteiger partial charge < -0.3 is 11.1 Å². The summed E-state index contributed by atoms with van der Waals surface area (Å²) in [6.07, 6.45) is 8.29. The topological polar surface area (TPSA) is 38.0 Å². The van der Waals surface area contributed by atoms with E-state index in [4.69, 9.17) is 5.73 Å². The lowest BCUT2D eigenvalue weighted by Gasteiger charge is -2.14. The minimum atomic E-state index is 1.01. The van der Waals surface area contributed by atoms with Crippen LogP contribution in [0.1, 0.15) is 51.0 Å². The highest BCUT2D eigenvalue weighted by Gasteiger charge is 2.11. The van der Waals surface area contributed by atoms with Gasteiger partial charge in [0.15, 0.2) is 0 Å². The minimum Gasteiger partial charge on any atom is -0.402 e. The van der Waals surface area contributed by atoms with Gasteiger partial charge in [-0.1, -0.05) is 31.5 Å². The van der Waals surface area contributed by atoms with Crippen LogP contribution in [0.15, 0.2) is 35.5 Å². The summed E-state index contributed by atoms with van der Waals surface area (Å²) < 4.78 is 0. The summed E-state index contributed by atoms with van der Waals surface area (Å²) in [7, 11) is 0. The van der Waals surface area contributed by atoms with Crippen LogP contribution in [0.3, 0.4) is 0 Å². The predicted octanol–water partition coefficient (Wildman–Crippen LogP) is 4.23. The molecule has 0 spiro atoms. The minimum absolute atomic E-state index is 1.01. The molecule has 1 aromatic rings. The summed E-state index contributed by atoms with van der Waals surface area (Å²) in [6.45, 7) is 3.23. The molecule has 2 rings (SSSR count). The van der Waals surface area contributed by atoms with Crippen molar-refractivity contribution in [2.45, 2.75) is 51.9 Å². The lowest BCUT2D eigenvalue weighted by atomic mass is 9.98. The quantitative estimate of drug-likeness (QED) is 0.829. The third-order valence-electron chi connectivity index (χ3n) is 3.87. The molecule has 0 unspecified atom stereocenters. The van der Waals surface area contributed by atoms with Gasteiger partial charge in [-0.25, -0.2) is 0 Å². The molecule has 0 atom stereocenters. The van der Waals surface area contributed by atoms with Crippen molar-refractivity contribution < 1.29 is 0 Å². The molecule has 1 aromatic carbocycles. The lowest BCUT2D eigenvalue weighted by Crippen LogP contribution is -2.07. The molecular weight excluding hydrogens is 232 g/mol. The Kier molecular flexibility index (Phi) is 5.31. The highest BCUT2D eigenvalue weighted by molar-refractivity contribution is 5.52. The Morgan fingerprint density at radius 2 is 1.89 bits per heavy atom. The molecule has 0 saturated carbocycles. The molecule has 0 heterocycles. The fourth-order valence-electron chi connectivity index (χ4n) is 2.71. The van der Waals surface area contributed by atoms with Crippen LogP contribution >= 0.6 is 0 Å². The highest BCUT2D eigenvalue weighted by Crippen LogP contribution is 2.26. The Morgan fingerprint density at radius 3 is 2.74 bits per heavy atom. The molecule has 104 valence electrons. The van der Waals surface area contributed by atoms with Gasteiger partial charge in [-0.15, -0.1) is 0 Å². The van der Waals surface area contributed by atoms with Crippen LogP contribution < -0.4 is 11.1 Å². The van der Waals surface area contributed by atoms with Crippen LogP contribution in [0.2, 0.25) is 0 Å². The van der Waals surface area contributed by atoms with E-state index in [0.717, 1.165) is 31.5 Å². The number of rotatable bonds is 5. The standard InChI is InChI=1S/C17H26N2/c1-2-12-19-17-11-7-6-9-15(17)13-14-8-4-3-5-10-16(14)18/h6-7,9,11,19H,2-5,8,10,12-13,18H2,1H3. The normalized spacial score (nSPS) is 16.3. The number of anilines is 1. The van der Waals surface area contributed by atoms with Crippen LogP contribution in [0, 0.1) is 0 Å². The lowest BCUT2D eigenvalue weighted by molar-refractivity contribution is 0.702. The van der Waals surface area contributed by atoms with Gasteiger partial charge in [0, 0.05) is 17.9 Å². The molecule has 0 radical (unpaired) electrons. The van der Waals surface area contributed by atoms with Gasteiger partial charge in [-0.2, -0.15) is 0 Å². The highest BCUT2D eigenvalue weighted by atomic mass is 14.9. The second kappa shape index (κ2) is 7.22. The van der Waals surface area contributed by atoms with E-state index in [1.54, 1.807) is 0 Å². The summed E-state index contributed by atoms with van der Waals surface area (Å²) in [5.74, 6) is 0. The van der Waals surface area contributed by atoms with Crippen LogP contribution in [-0.2, 0) is 6.42 Å². The molecule has 0 saturated heterocycles. The summed E-state index contributed by atoms with van der Waals surface area (Å²) in [6, 6.07) is 8.63. The van der Waals surface area contributed by atoms with Gasteiger partial charge in [0.2, 0.25) is 0 Å². The van der Waals surface area contributed by atoms with Crippen molar-refractivity contribution in [2.75, 3.05) is 11.9 Å². The summed E-state index contributed by atoms with van der Waals surface area (Å²) in [5, 5.41) is 3.52. The van der Waals surface area contributed by atoms with Crippen molar-refractivity contribution in [2.24, 2.45) is 5.73 Å². The maximum atomic E-state index is 6.24. The number of benzene rings is 1. The zero-order valence-corrected chi connectivity index (χ0v) is 12.0. The first-order valence-electron chi connectivity index (χ1n) is 7.59. The smallest absolute Gasteiger partial charge is 0.0376 e. The van der Waals surface area contributed by atoms with E-state index >= 15 is 0 Å². The van der Waals surface area contributed by atoms with Crippen molar-refractivity contribution >= 4 is 5.69 Å². The molecule has 0 aliphatic heterocycles. The number of hydrogen-bond acceptors (Lipinski definition) is 2. The Hall–Kier alpha value is -1.44. The first-order chi connectivity index (χ1) is 9.31. The van der Waals surface area contributed by atoms with Crippen molar-refractivity contribution in [3.63, 3.8) is 0 Å². The first kappa shape index (κ1) is 14.0. The van der Waals surface area contributed by atoms with Gasteiger partial charge >= 0.3 is 0 Å².